The SMILES string of the molecule is COc1cccc(C(=O)N2CCN(c3cc(-n4cccn4)ncn3)CC2)c1OC. The average molecular weight is 394 g/mol. The number of benzene rings is 1. The third-order valence-corrected chi connectivity index (χ3v) is 4.90. The van der Waals surface area contributed by atoms with Crippen LogP contribution in [-0.4, -0.2) is 71.0 Å². The van der Waals surface area contributed by atoms with Crippen molar-refractivity contribution in [2.45, 2.75) is 0 Å². The number of aromatic nitrogens is 4. The first-order valence-electron chi connectivity index (χ1n) is 9.28. The predicted octanol–water partition coefficient (Wildman–Crippen LogP) is 1.64. The van der Waals surface area contributed by atoms with Gasteiger partial charge in [0.2, 0.25) is 0 Å². The van der Waals surface area contributed by atoms with Crippen LogP contribution in [0.1, 0.15) is 10.4 Å². The Morgan fingerprint density at radius 3 is 2.48 bits per heavy atom. The zero-order valence-corrected chi connectivity index (χ0v) is 16.4. The second-order valence-corrected chi connectivity index (χ2v) is 6.51. The molecule has 0 aliphatic carbocycles. The molecular formula is C20H22N6O3. The minimum atomic E-state index is -0.0692. The highest BCUT2D eigenvalue weighted by molar-refractivity contribution is 5.98. The summed E-state index contributed by atoms with van der Waals surface area (Å²) in [6, 6.07) is 9.08. The van der Waals surface area contributed by atoms with Crippen molar-refractivity contribution < 1.29 is 14.3 Å². The van der Waals surface area contributed by atoms with Crippen LogP contribution in [0.5, 0.6) is 11.5 Å². The maximum Gasteiger partial charge on any atom is 0.257 e. The van der Waals surface area contributed by atoms with Crippen LogP contribution in [0.25, 0.3) is 5.82 Å². The van der Waals surface area contributed by atoms with Crippen LogP contribution in [0.2, 0.25) is 0 Å². The third-order valence-electron chi connectivity index (χ3n) is 4.90. The number of ether oxygens (including phenoxy) is 2. The summed E-state index contributed by atoms with van der Waals surface area (Å²) in [6.07, 6.45) is 5.08. The Bertz CT molecular complexity index is 984. The maximum absolute atomic E-state index is 13.0. The molecule has 1 amide bonds. The van der Waals surface area contributed by atoms with E-state index in [2.05, 4.69) is 20.0 Å². The van der Waals surface area contributed by atoms with Gasteiger partial charge in [-0.3, -0.25) is 4.79 Å². The lowest BCUT2D eigenvalue weighted by molar-refractivity contribution is 0.0742. The van der Waals surface area contributed by atoms with Gasteiger partial charge in [0.05, 0.1) is 19.8 Å². The Hall–Kier alpha value is -3.62. The molecule has 0 saturated carbocycles. The fraction of sp³-hybridized carbons (Fsp3) is 0.300. The molecule has 2 aromatic heterocycles. The molecule has 0 atom stereocenters. The molecule has 1 aromatic carbocycles. The van der Waals surface area contributed by atoms with Gasteiger partial charge in [-0.2, -0.15) is 5.10 Å². The monoisotopic (exact) mass is 394 g/mol. The van der Waals surface area contributed by atoms with E-state index in [-0.39, 0.29) is 5.91 Å². The summed E-state index contributed by atoms with van der Waals surface area (Å²) in [7, 11) is 3.10. The highest BCUT2D eigenvalue weighted by atomic mass is 16.5. The van der Waals surface area contributed by atoms with E-state index in [1.54, 1.807) is 43.3 Å². The van der Waals surface area contributed by atoms with Crippen molar-refractivity contribution in [2.75, 3.05) is 45.3 Å². The summed E-state index contributed by atoms with van der Waals surface area (Å²) in [5.41, 5.74) is 0.503. The standard InChI is InChI=1S/C20H22N6O3/c1-28-16-6-3-5-15(19(16)29-2)20(27)25-11-9-24(10-12-25)17-13-18(22-14-21-17)26-8-4-7-23-26/h3-8,13-14H,9-12H2,1-2H3. The first kappa shape index (κ1) is 18.7. The van der Waals surface area contributed by atoms with Gasteiger partial charge in [-0.1, -0.05) is 6.07 Å². The molecule has 3 heterocycles. The number of methoxy groups -OCH3 is 2. The fourth-order valence-corrected chi connectivity index (χ4v) is 3.40. The number of rotatable bonds is 5. The fourth-order valence-electron chi connectivity index (χ4n) is 3.40. The van der Waals surface area contributed by atoms with E-state index in [1.807, 2.05) is 23.2 Å². The molecule has 3 aromatic rings. The molecule has 150 valence electrons. The van der Waals surface area contributed by atoms with Crippen LogP contribution in [0, 0.1) is 0 Å². The predicted molar refractivity (Wildman–Crippen MR) is 107 cm³/mol. The van der Waals surface area contributed by atoms with Gasteiger partial charge in [0.15, 0.2) is 17.3 Å². The normalized spacial score (nSPS) is 14.0. The highest BCUT2D eigenvalue weighted by Crippen LogP contribution is 2.31. The minimum absolute atomic E-state index is 0.0692. The van der Waals surface area contributed by atoms with Gasteiger partial charge < -0.3 is 19.3 Å². The second kappa shape index (κ2) is 8.17. The van der Waals surface area contributed by atoms with Gasteiger partial charge in [0.25, 0.3) is 5.91 Å². The van der Waals surface area contributed by atoms with Crippen molar-refractivity contribution >= 4 is 11.7 Å². The van der Waals surface area contributed by atoms with E-state index >= 15 is 0 Å². The third kappa shape index (κ3) is 3.71. The van der Waals surface area contributed by atoms with E-state index in [9.17, 15) is 4.79 Å². The zero-order chi connectivity index (χ0) is 20.2. The lowest BCUT2D eigenvalue weighted by atomic mass is 10.1. The Labute approximate surface area is 168 Å². The Kier molecular flexibility index (Phi) is 5.28. The number of carbonyl (C=O) groups is 1. The van der Waals surface area contributed by atoms with Gasteiger partial charge in [0.1, 0.15) is 12.1 Å². The summed E-state index contributed by atoms with van der Waals surface area (Å²) in [5, 5.41) is 4.20. The molecule has 0 radical (unpaired) electrons. The summed E-state index contributed by atoms with van der Waals surface area (Å²) >= 11 is 0. The summed E-state index contributed by atoms with van der Waals surface area (Å²) in [4.78, 5) is 25.7. The molecule has 0 unspecified atom stereocenters. The largest absolute Gasteiger partial charge is 0.493 e. The number of anilines is 1. The van der Waals surface area contributed by atoms with Crippen molar-refractivity contribution in [3.05, 3.63) is 54.6 Å². The van der Waals surface area contributed by atoms with E-state index in [0.29, 0.717) is 49.1 Å². The van der Waals surface area contributed by atoms with Crippen molar-refractivity contribution in [1.82, 2.24) is 24.6 Å². The van der Waals surface area contributed by atoms with Gasteiger partial charge in [-0.05, 0) is 18.2 Å². The van der Waals surface area contributed by atoms with Crippen LogP contribution in [-0.2, 0) is 0 Å². The summed E-state index contributed by atoms with van der Waals surface area (Å²) < 4.78 is 12.4. The van der Waals surface area contributed by atoms with Crippen LogP contribution < -0.4 is 14.4 Å². The maximum atomic E-state index is 13.0. The molecule has 4 rings (SSSR count). The van der Waals surface area contributed by atoms with Crippen molar-refractivity contribution in [2.24, 2.45) is 0 Å². The Balaban J connectivity index is 1.46. The number of hydrogen-bond acceptors (Lipinski definition) is 7. The number of hydrogen-bond donors (Lipinski definition) is 0. The summed E-state index contributed by atoms with van der Waals surface area (Å²) in [5.74, 6) is 2.46. The number of amides is 1. The number of piperazine rings is 1. The first-order valence-corrected chi connectivity index (χ1v) is 9.28. The van der Waals surface area contributed by atoms with E-state index in [4.69, 9.17) is 9.47 Å². The minimum Gasteiger partial charge on any atom is -0.493 e. The van der Waals surface area contributed by atoms with Gasteiger partial charge in [-0.15, -0.1) is 0 Å². The highest BCUT2D eigenvalue weighted by Gasteiger charge is 2.26. The topological polar surface area (TPSA) is 85.6 Å². The summed E-state index contributed by atoms with van der Waals surface area (Å²) in [6.45, 7) is 2.52. The van der Waals surface area contributed by atoms with E-state index < -0.39 is 0 Å². The molecule has 0 spiro atoms. The van der Waals surface area contributed by atoms with Crippen molar-refractivity contribution in [1.29, 1.82) is 0 Å². The molecule has 1 aliphatic heterocycles. The van der Waals surface area contributed by atoms with Gasteiger partial charge in [0, 0.05) is 44.6 Å². The number of nitrogens with zero attached hydrogens (tertiary/aromatic N) is 6. The molecule has 0 N–H and O–H groups in total. The van der Waals surface area contributed by atoms with Crippen molar-refractivity contribution in [3.8, 4) is 17.3 Å². The zero-order valence-electron chi connectivity index (χ0n) is 16.4. The van der Waals surface area contributed by atoms with Crippen LogP contribution in [0.15, 0.2) is 49.1 Å². The molecule has 9 heteroatoms. The van der Waals surface area contributed by atoms with Crippen LogP contribution in [0.3, 0.4) is 0 Å². The Morgan fingerprint density at radius 1 is 1.00 bits per heavy atom. The second-order valence-electron chi connectivity index (χ2n) is 6.51. The molecular weight excluding hydrogens is 372 g/mol. The van der Waals surface area contributed by atoms with Crippen LogP contribution >= 0.6 is 0 Å². The van der Waals surface area contributed by atoms with Crippen LogP contribution in [0.4, 0.5) is 5.82 Å². The first-order chi connectivity index (χ1) is 14.2. The number of carbonyl (C=O) groups excluding carboxylic acids is 1. The van der Waals surface area contributed by atoms with E-state index in [1.165, 1.54) is 6.33 Å². The van der Waals surface area contributed by atoms with E-state index in [0.717, 1.165) is 5.82 Å². The lowest BCUT2D eigenvalue weighted by Crippen LogP contribution is -2.49. The molecule has 1 saturated heterocycles. The average Bonchev–Trinajstić information content (AvgIpc) is 3.33. The molecule has 29 heavy (non-hydrogen) atoms. The smallest absolute Gasteiger partial charge is 0.257 e. The quantitative estimate of drug-likeness (QED) is 0.650. The van der Waals surface area contributed by atoms with Gasteiger partial charge in [-0.25, -0.2) is 14.6 Å². The molecule has 1 aliphatic rings. The number of para-hydroxylation sites is 1. The van der Waals surface area contributed by atoms with Gasteiger partial charge >= 0.3 is 0 Å². The molecule has 1 fully saturated rings. The Morgan fingerprint density at radius 2 is 1.79 bits per heavy atom. The molecule has 0 bridgehead atoms. The van der Waals surface area contributed by atoms with Crippen molar-refractivity contribution in [3.63, 3.8) is 0 Å². The lowest BCUT2D eigenvalue weighted by Gasteiger charge is -2.35. The molecule has 9 nitrogen and oxygen atoms in total.